The number of carbonyl (C=O) groups is 2. The lowest BCUT2D eigenvalue weighted by atomic mass is 10.1. The molecule has 0 aliphatic heterocycles. The van der Waals surface area contributed by atoms with Gasteiger partial charge in [0, 0.05) is 18.6 Å². The van der Waals surface area contributed by atoms with Crippen LogP contribution in [0.5, 0.6) is 0 Å². The van der Waals surface area contributed by atoms with E-state index in [1.165, 1.54) is 24.1 Å². The van der Waals surface area contributed by atoms with Crippen molar-refractivity contribution < 1.29 is 18.0 Å². The topological polar surface area (TPSA) is 86.8 Å². The summed E-state index contributed by atoms with van der Waals surface area (Å²) in [5.41, 5.74) is 0.812. The van der Waals surface area contributed by atoms with Crippen LogP contribution in [0.3, 0.4) is 0 Å². The third-order valence-corrected chi connectivity index (χ3v) is 6.33. The van der Waals surface area contributed by atoms with Gasteiger partial charge in [-0.1, -0.05) is 53.5 Å². The van der Waals surface area contributed by atoms with Crippen molar-refractivity contribution in [3.63, 3.8) is 0 Å². The highest BCUT2D eigenvalue weighted by atomic mass is 35.5. The molecule has 0 aromatic heterocycles. The van der Waals surface area contributed by atoms with Crippen molar-refractivity contribution in [1.82, 2.24) is 10.2 Å². The summed E-state index contributed by atoms with van der Waals surface area (Å²) in [6, 6.07) is 12.4. The second-order valence-corrected chi connectivity index (χ2v) is 9.35. The van der Waals surface area contributed by atoms with E-state index >= 15 is 0 Å². The molecule has 0 bridgehead atoms. The average Bonchev–Trinajstić information content (AvgIpc) is 2.70. The van der Waals surface area contributed by atoms with Crippen molar-refractivity contribution in [2.45, 2.75) is 19.5 Å². The Bertz CT molecular complexity index is 1030. The third kappa shape index (κ3) is 5.87. The molecule has 0 heterocycles. The number of halogens is 2. The van der Waals surface area contributed by atoms with Crippen LogP contribution in [-0.2, 0) is 26.2 Å². The number of rotatable bonds is 8. The first-order valence-electron chi connectivity index (χ1n) is 9.03. The van der Waals surface area contributed by atoms with E-state index in [-0.39, 0.29) is 23.2 Å². The monoisotopic (exact) mass is 471 g/mol. The Kier molecular flexibility index (Phi) is 8.11. The van der Waals surface area contributed by atoms with E-state index in [9.17, 15) is 18.0 Å². The molecule has 2 rings (SSSR count). The number of benzene rings is 2. The van der Waals surface area contributed by atoms with E-state index in [0.717, 1.165) is 10.6 Å². The average molecular weight is 472 g/mol. The van der Waals surface area contributed by atoms with E-state index in [1.807, 2.05) is 0 Å². The Morgan fingerprint density at radius 1 is 1.03 bits per heavy atom. The number of para-hydroxylation sites is 1. The van der Waals surface area contributed by atoms with Crippen molar-refractivity contribution in [1.29, 1.82) is 0 Å². The van der Waals surface area contributed by atoms with Crippen LogP contribution in [0.1, 0.15) is 12.5 Å². The molecule has 30 heavy (non-hydrogen) atoms. The smallest absolute Gasteiger partial charge is 0.244 e. The van der Waals surface area contributed by atoms with Crippen LogP contribution in [0, 0.1) is 0 Å². The first-order chi connectivity index (χ1) is 14.1. The number of anilines is 1. The molecule has 0 radical (unpaired) electrons. The fourth-order valence-corrected chi connectivity index (χ4v) is 4.20. The summed E-state index contributed by atoms with van der Waals surface area (Å²) < 4.78 is 25.7. The number of likely N-dealkylation sites (N-methyl/N-ethyl adjacent to an activating group) is 1. The van der Waals surface area contributed by atoms with Crippen molar-refractivity contribution in [2.75, 3.05) is 24.2 Å². The number of nitrogens with one attached hydrogen (secondary N) is 1. The van der Waals surface area contributed by atoms with E-state index in [4.69, 9.17) is 23.2 Å². The summed E-state index contributed by atoms with van der Waals surface area (Å²) in [4.78, 5) is 26.8. The molecule has 7 nitrogen and oxygen atoms in total. The lowest BCUT2D eigenvalue weighted by Gasteiger charge is -2.31. The Morgan fingerprint density at radius 3 is 2.13 bits per heavy atom. The fraction of sp³-hybridized carbons (Fsp3) is 0.300. The highest BCUT2D eigenvalue weighted by Gasteiger charge is 2.30. The predicted octanol–water partition coefficient (Wildman–Crippen LogP) is 2.92. The number of carbonyl (C=O) groups excluding carboxylic acids is 2. The van der Waals surface area contributed by atoms with Gasteiger partial charge in [-0.25, -0.2) is 8.42 Å². The molecular formula is C20H23Cl2N3O4S. The van der Waals surface area contributed by atoms with Gasteiger partial charge in [0.15, 0.2) is 0 Å². The maximum Gasteiger partial charge on any atom is 0.244 e. The third-order valence-electron chi connectivity index (χ3n) is 4.51. The minimum absolute atomic E-state index is 0.0349. The van der Waals surface area contributed by atoms with Crippen LogP contribution < -0.4 is 9.62 Å². The molecule has 2 aromatic carbocycles. The SMILES string of the molecule is CNC(=O)[C@H](C)N(Cc1ccccc1Cl)C(=O)CN(c1ccccc1Cl)S(C)(=O)=O. The molecule has 1 atom stereocenters. The molecular weight excluding hydrogens is 449 g/mol. The van der Waals surface area contributed by atoms with Crippen LogP contribution in [0.2, 0.25) is 10.0 Å². The first kappa shape index (κ1) is 24.0. The molecule has 0 saturated carbocycles. The summed E-state index contributed by atoms with van der Waals surface area (Å²) in [5, 5.41) is 3.13. The van der Waals surface area contributed by atoms with Gasteiger partial charge in [-0.2, -0.15) is 0 Å². The number of amides is 2. The van der Waals surface area contributed by atoms with Gasteiger partial charge in [0.25, 0.3) is 0 Å². The predicted molar refractivity (Wildman–Crippen MR) is 119 cm³/mol. The molecule has 0 aliphatic carbocycles. The van der Waals surface area contributed by atoms with Crippen molar-refractivity contribution in [3.05, 3.63) is 64.1 Å². The zero-order valence-electron chi connectivity index (χ0n) is 16.8. The van der Waals surface area contributed by atoms with Gasteiger partial charge in [0.2, 0.25) is 21.8 Å². The molecule has 2 aromatic rings. The zero-order valence-corrected chi connectivity index (χ0v) is 19.1. The molecule has 10 heteroatoms. The van der Waals surface area contributed by atoms with Crippen LogP contribution in [-0.4, -0.2) is 51.0 Å². The molecule has 162 valence electrons. The molecule has 0 spiro atoms. The second kappa shape index (κ2) is 10.1. The largest absolute Gasteiger partial charge is 0.357 e. The van der Waals surface area contributed by atoms with Gasteiger partial charge in [-0.05, 0) is 30.7 Å². The highest BCUT2D eigenvalue weighted by molar-refractivity contribution is 7.92. The minimum Gasteiger partial charge on any atom is -0.357 e. The highest BCUT2D eigenvalue weighted by Crippen LogP contribution is 2.27. The van der Waals surface area contributed by atoms with Crippen LogP contribution in [0.4, 0.5) is 5.69 Å². The first-order valence-corrected chi connectivity index (χ1v) is 11.6. The molecule has 2 amide bonds. The van der Waals surface area contributed by atoms with Crippen LogP contribution in [0.15, 0.2) is 48.5 Å². The van der Waals surface area contributed by atoms with Gasteiger partial charge in [0.05, 0.1) is 17.0 Å². The maximum absolute atomic E-state index is 13.2. The summed E-state index contributed by atoms with van der Waals surface area (Å²) in [6.45, 7) is 1.08. The summed E-state index contributed by atoms with van der Waals surface area (Å²) in [5.74, 6) is -0.963. The number of hydrogen-bond acceptors (Lipinski definition) is 4. The number of hydrogen-bond donors (Lipinski definition) is 1. The van der Waals surface area contributed by atoms with E-state index in [1.54, 1.807) is 43.3 Å². The van der Waals surface area contributed by atoms with E-state index in [2.05, 4.69) is 5.32 Å². The maximum atomic E-state index is 13.2. The van der Waals surface area contributed by atoms with Gasteiger partial charge < -0.3 is 10.2 Å². The van der Waals surface area contributed by atoms with E-state index < -0.39 is 28.5 Å². The fourth-order valence-electron chi connectivity index (χ4n) is 2.85. The standard InChI is InChI=1S/C20H23Cl2N3O4S/c1-14(20(27)23-2)24(12-15-8-4-5-9-16(15)21)19(26)13-25(30(3,28)29)18-11-7-6-10-17(18)22/h4-11,14H,12-13H2,1-3H3,(H,23,27)/t14-/m0/s1. The summed E-state index contributed by atoms with van der Waals surface area (Å²) in [6.07, 6.45) is 0.990. The number of nitrogens with zero attached hydrogens (tertiary/aromatic N) is 2. The molecule has 0 saturated heterocycles. The van der Waals surface area contributed by atoms with Crippen LogP contribution >= 0.6 is 23.2 Å². The molecule has 0 fully saturated rings. The Balaban J connectivity index is 2.41. The van der Waals surface area contributed by atoms with Gasteiger partial charge in [-0.3, -0.25) is 13.9 Å². The molecule has 1 N–H and O–H groups in total. The van der Waals surface area contributed by atoms with Gasteiger partial charge in [-0.15, -0.1) is 0 Å². The quantitative estimate of drug-likeness (QED) is 0.640. The van der Waals surface area contributed by atoms with Gasteiger partial charge in [0.1, 0.15) is 12.6 Å². The number of sulfonamides is 1. The zero-order chi connectivity index (χ0) is 22.5. The van der Waals surface area contributed by atoms with E-state index in [0.29, 0.717) is 10.6 Å². The summed E-state index contributed by atoms with van der Waals surface area (Å²) >= 11 is 12.4. The second-order valence-electron chi connectivity index (χ2n) is 6.62. The van der Waals surface area contributed by atoms with Crippen molar-refractivity contribution >= 4 is 50.7 Å². The van der Waals surface area contributed by atoms with Crippen molar-refractivity contribution in [2.24, 2.45) is 0 Å². The summed E-state index contributed by atoms with van der Waals surface area (Å²) in [7, 11) is -2.36. The lowest BCUT2D eigenvalue weighted by molar-refractivity contribution is -0.139. The normalized spacial score (nSPS) is 12.2. The molecule has 0 aliphatic rings. The Labute approximate surface area is 186 Å². The lowest BCUT2D eigenvalue weighted by Crippen LogP contribution is -2.50. The Morgan fingerprint density at radius 2 is 1.60 bits per heavy atom. The Hall–Kier alpha value is -2.29. The van der Waals surface area contributed by atoms with Crippen molar-refractivity contribution in [3.8, 4) is 0 Å². The molecule has 0 unspecified atom stereocenters. The van der Waals surface area contributed by atoms with Gasteiger partial charge >= 0.3 is 0 Å². The van der Waals surface area contributed by atoms with Crippen LogP contribution in [0.25, 0.3) is 0 Å². The minimum atomic E-state index is -3.83.